The Morgan fingerprint density at radius 3 is 2.70 bits per heavy atom. The van der Waals surface area contributed by atoms with Crippen LogP contribution >= 0.6 is 11.3 Å². The fourth-order valence-electron chi connectivity index (χ4n) is 2.06. The second-order valence-corrected chi connectivity index (χ2v) is 5.71. The van der Waals surface area contributed by atoms with E-state index in [0.717, 1.165) is 48.6 Å². The van der Waals surface area contributed by atoms with Crippen molar-refractivity contribution in [1.29, 1.82) is 0 Å². The lowest BCUT2D eigenvalue weighted by Gasteiger charge is -2.11. The zero-order valence-corrected chi connectivity index (χ0v) is 13.0. The number of nitrogens with zero attached hydrogens (tertiary/aromatic N) is 3. The highest BCUT2D eigenvalue weighted by Crippen LogP contribution is 2.17. The van der Waals surface area contributed by atoms with E-state index in [1.54, 1.807) is 11.3 Å². The molecule has 0 radical (unpaired) electrons. The molecule has 0 bridgehead atoms. The minimum absolute atomic E-state index is 0.338. The number of nitrogens with one attached hydrogen (secondary N) is 1. The van der Waals surface area contributed by atoms with Gasteiger partial charge in [-0.25, -0.2) is 9.97 Å². The standard InChI is InChI=1S/C14H21N5S/c1-4-11-10(3)13(19-14(15)18-11)16-7-5-6-12-17-9(2)8-20-12/h8H,4-7H2,1-3H3,(H3,15,16,18,19). The normalized spacial score (nSPS) is 10.8. The maximum Gasteiger partial charge on any atom is 0.222 e. The zero-order valence-electron chi connectivity index (χ0n) is 12.2. The molecule has 0 unspecified atom stereocenters. The highest BCUT2D eigenvalue weighted by molar-refractivity contribution is 7.09. The van der Waals surface area contributed by atoms with Crippen molar-refractivity contribution in [2.24, 2.45) is 0 Å². The summed E-state index contributed by atoms with van der Waals surface area (Å²) in [5.41, 5.74) is 8.93. The van der Waals surface area contributed by atoms with E-state index in [2.05, 4.69) is 32.6 Å². The molecule has 5 nitrogen and oxygen atoms in total. The van der Waals surface area contributed by atoms with Gasteiger partial charge >= 0.3 is 0 Å². The van der Waals surface area contributed by atoms with Crippen LogP contribution in [-0.2, 0) is 12.8 Å². The van der Waals surface area contributed by atoms with Gasteiger partial charge < -0.3 is 11.1 Å². The number of nitrogen functional groups attached to an aromatic ring is 1. The van der Waals surface area contributed by atoms with Crippen molar-refractivity contribution < 1.29 is 0 Å². The smallest absolute Gasteiger partial charge is 0.222 e. The Balaban J connectivity index is 1.89. The van der Waals surface area contributed by atoms with Gasteiger partial charge in [-0.15, -0.1) is 11.3 Å². The average Bonchev–Trinajstić information content (AvgIpc) is 2.83. The number of rotatable bonds is 6. The summed E-state index contributed by atoms with van der Waals surface area (Å²) in [7, 11) is 0. The molecule has 0 saturated heterocycles. The quantitative estimate of drug-likeness (QED) is 0.800. The van der Waals surface area contributed by atoms with Crippen LogP contribution in [0.2, 0.25) is 0 Å². The van der Waals surface area contributed by atoms with E-state index in [9.17, 15) is 0 Å². The van der Waals surface area contributed by atoms with Gasteiger partial charge in [0.05, 0.1) is 10.7 Å². The minimum Gasteiger partial charge on any atom is -0.370 e. The molecule has 0 aliphatic heterocycles. The molecule has 0 aromatic carbocycles. The van der Waals surface area contributed by atoms with Crippen LogP contribution in [0.25, 0.3) is 0 Å². The molecule has 2 heterocycles. The Labute approximate surface area is 123 Å². The van der Waals surface area contributed by atoms with Crippen molar-refractivity contribution in [2.45, 2.75) is 40.0 Å². The molecular weight excluding hydrogens is 270 g/mol. The van der Waals surface area contributed by atoms with Crippen LogP contribution in [-0.4, -0.2) is 21.5 Å². The van der Waals surface area contributed by atoms with Crippen molar-refractivity contribution in [3.63, 3.8) is 0 Å². The van der Waals surface area contributed by atoms with Crippen LogP contribution < -0.4 is 11.1 Å². The monoisotopic (exact) mass is 291 g/mol. The van der Waals surface area contributed by atoms with Crippen molar-refractivity contribution in [1.82, 2.24) is 15.0 Å². The molecule has 0 spiro atoms. The highest BCUT2D eigenvalue weighted by Gasteiger charge is 2.07. The Morgan fingerprint density at radius 1 is 1.25 bits per heavy atom. The molecule has 3 N–H and O–H groups in total. The van der Waals surface area contributed by atoms with Gasteiger partial charge in [-0.1, -0.05) is 6.92 Å². The van der Waals surface area contributed by atoms with Crippen molar-refractivity contribution in [3.8, 4) is 0 Å². The summed E-state index contributed by atoms with van der Waals surface area (Å²) in [6, 6.07) is 0. The third-order valence-electron chi connectivity index (χ3n) is 3.13. The maximum absolute atomic E-state index is 5.73. The molecule has 2 aromatic rings. The SMILES string of the molecule is CCc1nc(N)nc(NCCCc2nc(C)cs2)c1C. The third-order valence-corrected chi connectivity index (χ3v) is 4.15. The van der Waals surface area contributed by atoms with Gasteiger partial charge in [0.25, 0.3) is 0 Å². The first-order valence-corrected chi connectivity index (χ1v) is 7.76. The van der Waals surface area contributed by atoms with E-state index < -0.39 is 0 Å². The fourth-order valence-corrected chi connectivity index (χ4v) is 2.88. The summed E-state index contributed by atoms with van der Waals surface area (Å²) in [4.78, 5) is 13.0. The molecule has 6 heteroatoms. The molecule has 0 aliphatic carbocycles. The first-order valence-electron chi connectivity index (χ1n) is 6.88. The topological polar surface area (TPSA) is 76.7 Å². The van der Waals surface area contributed by atoms with E-state index in [0.29, 0.717) is 5.95 Å². The van der Waals surface area contributed by atoms with Crippen LogP contribution in [0.5, 0.6) is 0 Å². The molecule has 108 valence electrons. The summed E-state index contributed by atoms with van der Waals surface area (Å²) in [6.45, 7) is 6.99. The van der Waals surface area contributed by atoms with Crippen LogP contribution in [0.15, 0.2) is 5.38 Å². The van der Waals surface area contributed by atoms with E-state index in [4.69, 9.17) is 5.73 Å². The van der Waals surface area contributed by atoms with E-state index in [1.807, 2.05) is 13.8 Å². The first kappa shape index (κ1) is 14.7. The van der Waals surface area contributed by atoms with Gasteiger partial charge in [0.2, 0.25) is 5.95 Å². The Bertz CT molecular complexity index is 579. The predicted octanol–water partition coefficient (Wildman–Crippen LogP) is 2.74. The molecule has 0 aliphatic rings. The molecule has 0 saturated carbocycles. The maximum atomic E-state index is 5.73. The number of hydrogen-bond acceptors (Lipinski definition) is 6. The van der Waals surface area contributed by atoms with Crippen molar-refractivity contribution in [3.05, 3.63) is 27.3 Å². The van der Waals surface area contributed by atoms with Crippen molar-refractivity contribution in [2.75, 3.05) is 17.6 Å². The molecule has 2 aromatic heterocycles. The van der Waals surface area contributed by atoms with Gasteiger partial charge in [0.15, 0.2) is 0 Å². The zero-order chi connectivity index (χ0) is 14.5. The van der Waals surface area contributed by atoms with Crippen molar-refractivity contribution >= 4 is 23.1 Å². The molecule has 0 fully saturated rings. The summed E-state index contributed by atoms with van der Waals surface area (Å²) in [5, 5.41) is 6.63. The van der Waals surface area contributed by atoms with Crippen LogP contribution in [0.4, 0.5) is 11.8 Å². The summed E-state index contributed by atoms with van der Waals surface area (Å²) in [5.74, 6) is 1.19. The van der Waals surface area contributed by atoms with Gasteiger partial charge in [0.1, 0.15) is 5.82 Å². The molecule has 20 heavy (non-hydrogen) atoms. The number of aryl methyl sites for hydroxylation is 3. The van der Waals surface area contributed by atoms with Gasteiger partial charge in [-0.05, 0) is 26.7 Å². The average molecular weight is 291 g/mol. The number of anilines is 2. The number of thiazole rings is 1. The van der Waals surface area contributed by atoms with Crippen LogP contribution in [0, 0.1) is 13.8 Å². The second-order valence-electron chi connectivity index (χ2n) is 4.77. The lowest BCUT2D eigenvalue weighted by molar-refractivity contribution is 0.844. The van der Waals surface area contributed by atoms with Crippen LogP contribution in [0.3, 0.4) is 0 Å². The molecule has 0 amide bonds. The lowest BCUT2D eigenvalue weighted by atomic mass is 10.2. The second kappa shape index (κ2) is 6.65. The van der Waals surface area contributed by atoms with E-state index in [-0.39, 0.29) is 0 Å². The predicted molar refractivity (Wildman–Crippen MR) is 84.2 cm³/mol. The summed E-state index contributed by atoms with van der Waals surface area (Å²) >= 11 is 1.72. The minimum atomic E-state index is 0.338. The largest absolute Gasteiger partial charge is 0.370 e. The Kier molecular flexibility index (Phi) is 4.89. The lowest BCUT2D eigenvalue weighted by Crippen LogP contribution is -2.10. The van der Waals surface area contributed by atoms with Gasteiger partial charge in [-0.2, -0.15) is 4.98 Å². The van der Waals surface area contributed by atoms with E-state index in [1.165, 1.54) is 5.01 Å². The Hall–Kier alpha value is -1.69. The van der Waals surface area contributed by atoms with E-state index >= 15 is 0 Å². The molecule has 2 rings (SSSR count). The fraction of sp³-hybridized carbons (Fsp3) is 0.500. The van der Waals surface area contributed by atoms with Gasteiger partial charge in [0, 0.05) is 29.6 Å². The molecule has 0 atom stereocenters. The highest BCUT2D eigenvalue weighted by atomic mass is 32.1. The Morgan fingerprint density at radius 2 is 2.05 bits per heavy atom. The number of hydrogen-bond donors (Lipinski definition) is 2. The summed E-state index contributed by atoms with van der Waals surface area (Å²) in [6.07, 6.45) is 2.88. The number of aromatic nitrogens is 3. The van der Waals surface area contributed by atoms with Crippen LogP contribution in [0.1, 0.15) is 35.3 Å². The molecular formula is C14H21N5S. The van der Waals surface area contributed by atoms with Gasteiger partial charge in [-0.3, -0.25) is 0 Å². The third kappa shape index (κ3) is 3.66. The first-order chi connectivity index (χ1) is 9.60. The summed E-state index contributed by atoms with van der Waals surface area (Å²) < 4.78 is 0. The number of nitrogens with two attached hydrogens (primary N) is 1.